The third-order valence-corrected chi connectivity index (χ3v) is 3.34. The maximum absolute atomic E-state index is 13.9. The molecule has 1 heterocycles. The Labute approximate surface area is 107 Å². The first-order chi connectivity index (χ1) is 8.56. The van der Waals surface area contributed by atoms with Crippen LogP contribution in [0.15, 0.2) is 12.1 Å². The summed E-state index contributed by atoms with van der Waals surface area (Å²) in [5.74, 6) is -0.252. The minimum absolute atomic E-state index is 0.252. The fourth-order valence-electron chi connectivity index (χ4n) is 2.18. The first-order valence-electron chi connectivity index (χ1n) is 6.36. The van der Waals surface area contributed by atoms with Gasteiger partial charge in [0.25, 0.3) is 0 Å². The van der Waals surface area contributed by atoms with Crippen LogP contribution in [0.1, 0.15) is 30.2 Å². The summed E-state index contributed by atoms with van der Waals surface area (Å²) in [5.41, 5.74) is 4.53. The van der Waals surface area contributed by atoms with E-state index in [1.165, 1.54) is 6.07 Å². The molecule has 0 fully saturated rings. The van der Waals surface area contributed by atoms with Gasteiger partial charge in [0, 0.05) is 23.3 Å². The lowest BCUT2D eigenvalue weighted by Gasteiger charge is -2.16. The van der Waals surface area contributed by atoms with Gasteiger partial charge in [-0.05, 0) is 44.4 Å². The highest BCUT2D eigenvalue weighted by Gasteiger charge is 2.13. The minimum Gasteiger partial charge on any atom is -0.384 e. The van der Waals surface area contributed by atoms with E-state index in [9.17, 15) is 4.39 Å². The van der Waals surface area contributed by atoms with Crippen LogP contribution in [0.3, 0.4) is 0 Å². The van der Waals surface area contributed by atoms with Crippen LogP contribution in [0.5, 0.6) is 0 Å². The zero-order valence-electron chi connectivity index (χ0n) is 11.4. The molecule has 0 saturated heterocycles. The summed E-state index contributed by atoms with van der Waals surface area (Å²) in [5, 5.41) is 4.32. The van der Waals surface area contributed by atoms with Gasteiger partial charge in [-0.15, -0.1) is 0 Å². The molecule has 18 heavy (non-hydrogen) atoms. The van der Waals surface area contributed by atoms with Crippen molar-refractivity contribution in [1.82, 2.24) is 4.98 Å². The van der Waals surface area contributed by atoms with Crippen LogP contribution in [0.4, 0.5) is 10.1 Å². The second kappa shape index (κ2) is 4.92. The summed E-state index contributed by atoms with van der Waals surface area (Å²) < 4.78 is 13.9. The van der Waals surface area contributed by atoms with Crippen molar-refractivity contribution in [2.75, 3.05) is 11.9 Å². The lowest BCUT2D eigenvalue weighted by Crippen LogP contribution is -2.06. The van der Waals surface area contributed by atoms with Crippen molar-refractivity contribution in [3.8, 4) is 0 Å². The molecular formula is C15H19FN2. The van der Waals surface area contributed by atoms with E-state index in [4.69, 9.17) is 0 Å². The van der Waals surface area contributed by atoms with Crippen LogP contribution in [0.25, 0.3) is 10.9 Å². The van der Waals surface area contributed by atoms with Gasteiger partial charge in [0.2, 0.25) is 0 Å². The summed E-state index contributed by atoms with van der Waals surface area (Å²) >= 11 is 0. The molecule has 0 spiro atoms. The predicted molar refractivity (Wildman–Crippen MR) is 74.7 cm³/mol. The zero-order valence-corrected chi connectivity index (χ0v) is 11.4. The van der Waals surface area contributed by atoms with E-state index in [-0.39, 0.29) is 5.82 Å². The second-order valence-corrected chi connectivity index (χ2v) is 4.71. The fourth-order valence-corrected chi connectivity index (χ4v) is 2.18. The minimum atomic E-state index is -0.252. The van der Waals surface area contributed by atoms with Gasteiger partial charge in [-0.2, -0.15) is 0 Å². The Bertz CT molecular complexity index is 591. The average molecular weight is 246 g/mol. The molecule has 2 rings (SSSR count). The molecule has 1 aromatic carbocycles. The molecule has 0 radical (unpaired) electrons. The van der Waals surface area contributed by atoms with Crippen molar-refractivity contribution in [3.05, 3.63) is 34.8 Å². The number of rotatable bonds is 3. The number of nitrogens with one attached hydrogen (secondary N) is 1. The molecule has 0 aliphatic heterocycles. The molecule has 3 heteroatoms. The highest BCUT2D eigenvalue weighted by atomic mass is 19.1. The summed E-state index contributed by atoms with van der Waals surface area (Å²) in [7, 11) is 0. The number of fused-ring (bicyclic) bond motifs is 1. The largest absolute Gasteiger partial charge is 0.384 e. The number of pyridine rings is 1. The molecule has 0 amide bonds. The Balaban J connectivity index is 2.79. The third-order valence-electron chi connectivity index (χ3n) is 3.34. The topological polar surface area (TPSA) is 24.9 Å². The van der Waals surface area contributed by atoms with Crippen LogP contribution in [-0.4, -0.2) is 11.5 Å². The summed E-state index contributed by atoms with van der Waals surface area (Å²) in [6, 6.07) is 3.30. The van der Waals surface area contributed by atoms with Crippen molar-refractivity contribution >= 4 is 16.6 Å². The average Bonchev–Trinajstić information content (AvgIpc) is 2.35. The normalized spacial score (nSPS) is 10.9. The number of hydrogen-bond acceptors (Lipinski definition) is 2. The number of anilines is 1. The SMILES string of the molecule is CCCNc1c(C)c(C)nc2c(F)ccc(C)c12. The van der Waals surface area contributed by atoms with Gasteiger partial charge in [-0.1, -0.05) is 13.0 Å². The standard InChI is InChI=1S/C15H19FN2/c1-5-8-17-14-10(3)11(4)18-15-12(16)7-6-9(2)13(14)15/h6-7H,5,8H2,1-4H3,(H,17,18). The molecule has 0 atom stereocenters. The van der Waals surface area contributed by atoms with E-state index < -0.39 is 0 Å². The van der Waals surface area contributed by atoms with E-state index in [1.54, 1.807) is 0 Å². The van der Waals surface area contributed by atoms with Crippen molar-refractivity contribution < 1.29 is 4.39 Å². The first kappa shape index (κ1) is 12.8. The smallest absolute Gasteiger partial charge is 0.149 e. The number of nitrogens with zero attached hydrogens (tertiary/aromatic N) is 1. The van der Waals surface area contributed by atoms with Gasteiger partial charge < -0.3 is 5.32 Å². The number of aromatic nitrogens is 1. The summed E-state index contributed by atoms with van der Waals surface area (Å²) in [4.78, 5) is 4.39. The van der Waals surface area contributed by atoms with Gasteiger partial charge in [0.15, 0.2) is 0 Å². The Morgan fingerprint density at radius 2 is 1.94 bits per heavy atom. The maximum Gasteiger partial charge on any atom is 0.149 e. The van der Waals surface area contributed by atoms with E-state index in [2.05, 4.69) is 17.2 Å². The van der Waals surface area contributed by atoms with Crippen LogP contribution >= 0.6 is 0 Å². The number of benzene rings is 1. The van der Waals surface area contributed by atoms with Crippen LogP contribution < -0.4 is 5.32 Å². The van der Waals surface area contributed by atoms with E-state index >= 15 is 0 Å². The van der Waals surface area contributed by atoms with Crippen molar-refractivity contribution in [2.24, 2.45) is 0 Å². The van der Waals surface area contributed by atoms with Crippen molar-refractivity contribution in [3.63, 3.8) is 0 Å². The van der Waals surface area contributed by atoms with Gasteiger partial charge in [0.1, 0.15) is 11.3 Å². The number of hydrogen-bond donors (Lipinski definition) is 1. The maximum atomic E-state index is 13.9. The molecule has 0 bridgehead atoms. The highest BCUT2D eigenvalue weighted by molar-refractivity contribution is 5.96. The molecule has 1 aromatic heterocycles. The molecular weight excluding hydrogens is 227 g/mol. The molecule has 0 aliphatic rings. The van der Waals surface area contributed by atoms with Gasteiger partial charge >= 0.3 is 0 Å². The lowest BCUT2D eigenvalue weighted by atomic mass is 10.0. The number of halogens is 1. The molecule has 2 nitrogen and oxygen atoms in total. The highest BCUT2D eigenvalue weighted by Crippen LogP contribution is 2.31. The Hall–Kier alpha value is -1.64. The van der Waals surface area contributed by atoms with E-state index in [0.29, 0.717) is 5.52 Å². The lowest BCUT2D eigenvalue weighted by molar-refractivity contribution is 0.636. The van der Waals surface area contributed by atoms with E-state index in [1.807, 2.05) is 26.8 Å². The Morgan fingerprint density at radius 3 is 2.61 bits per heavy atom. The van der Waals surface area contributed by atoms with Crippen LogP contribution in [0.2, 0.25) is 0 Å². The molecule has 1 N–H and O–H groups in total. The predicted octanol–water partition coefficient (Wildman–Crippen LogP) is 4.12. The first-order valence-corrected chi connectivity index (χ1v) is 6.36. The van der Waals surface area contributed by atoms with Crippen molar-refractivity contribution in [1.29, 1.82) is 0 Å². The fraction of sp³-hybridized carbons (Fsp3) is 0.400. The van der Waals surface area contributed by atoms with Gasteiger partial charge in [-0.25, -0.2) is 9.37 Å². The second-order valence-electron chi connectivity index (χ2n) is 4.71. The zero-order chi connectivity index (χ0) is 13.3. The van der Waals surface area contributed by atoms with Crippen LogP contribution in [0, 0.1) is 26.6 Å². The van der Waals surface area contributed by atoms with Crippen LogP contribution in [-0.2, 0) is 0 Å². The molecule has 96 valence electrons. The summed E-state index contributed by atoms with van der Waals surface area (Å²) in [6.07, 6.45) is 1.04. The van der Waals surface area contributed by atoms with E-state index in [0.717, 1.165) is 40.9 Å². The Morgan fingerprint density at radius 1 is 1.22 bits per heavy atom. The van der Waals surface area contributed by atoms with Gasteiger partial charge in [-0.3, -0.25) is 0 Å². The number of aryl methyl sites for hydroxylation is 2. The Kier molecular flexibility index (Phi) is 3.50. The molecule has 0 unspecified atom stereocenters. The molecule has 0 saturated carbocycles. The molecule has 2 aromatic rings. The van der Waals surface area contributed by atoms with Crippen molar-refractivity contribution in [2.45, 2.75) is 34.1 Å². The third kappa shape index (κ3) is 2.05. The van der Waals surface area contributed by atoms with Gasteiger partial charge in [0.05, 0.1) is 0 Å². The monoisotopic (exact) mass is 246 g/mol. The quantitative estimate of drug-likeness (QED) is 0.881. The molecule has 0 aliphatic carbocycles. The summed E-state index contributed by atoms with van der Waals surface area (Å²) in [6.45, 7) is 8.95.